The first-order valence-electron chi connectivity index (χ1n) is 4.30. The molecule has 0 saturated heterocycles. The topological polar surface area (TPSA) is 67.3 Å². The first kappa shape index (κ1) is 9.33. The Bertz CT molecular complexity index is 549. The van der Waals surface area contributed by atoms with Crippen LogP contribution in [0.25, 0.3) is 10.9 Å². The molecule has 0 aliphatic rings. The van der Waals surface area contributed by atoms with Crippen molar-refractivity contribution in [2.75, 3.05) is 0 Å². The highest BCUT2D eigenvalue weighted by atomic mass is 16.4. The third kappa shape index (κ3) is 1.57. The van der Waals surface area contributed by atoms with Gasteiger partial charge < -0.3 is 5.11 Å². The lowest BCUT2D eigenvalue weighted by Gasteiger charge is -2.01. The van der Waals surface area contributed by atoms with Crippen LogP contribution >= 0.6 is 0 Å². The predicted molar refractivity (Wildman–Crippen MR) is 54.1 cm³/mol. The molecule has 2 rings (SSSR count). The zero-order valence-electron chi connectivity index (χ0n) is 7.68. The number of hydrogen-bond acceptors (Lipinski definition) is 3. The van der Waals surface area contributed by atoms with Crippen LogP contribution < -0.4 is 0 Å². The Kier molecular flexibility index (Phi) is 2.17. The summed E-state index contributed by atoms with van der Waals surface area (Å²) in [6, 6.07) is 8.10. The molecular formula is C11H7NO3. The molecule has 0 atom stereocenters. The van der Waals surface area contributed by atoms with Crippen LogP contribution in [0.4, 0.5) is 0 Å². The maximum absolute atomic E-state index is 10.9. The van der Waals surface area contributed by atoms with Gasteiger partial charge in [-0.15, -0.1) is 0 Å². The van der Waals surface area contributed by atoms with E-state index in [-0.39, 0.29) is 11.3 Å². The van der Waals surface area contributed by atoms with Crippen LogP contribution in [-0.2, 0) is 0 Å². The number of carbonyl (C=O) groups is 2. The van der Waals surface area contributed by atoms with Crippen LogP contribution in [0.1, 0.15) is 20.8 Å². The van der Waals surface area contributed by atoms with Crippen molar-refractivity contribution in [2.24, 2.45) is 0 Å². The first-order chi connectivity index (χ1) is 7.22. The van der Waals surface area contributed by atoms with Crippen molar-refractivity contribution in [1.29, 1.82) is 0 Å². The largest absolute Gasteiger partial charge is 0.478 e. The van der Waals surface area contributed by atoms with E-state index in [0.29, 0.717) is 17.2 Å². The molecule has 0 aliphatic carbocycles. The second-order valence-electron chi connectivity index (χ2n) is 3.04. The number of aromatic nitrogens is 1. The fraction of sp³-hybridized carbons (Fsp3) is 0. The normalized spacial score (nSPS) is 10.1. The van der Waals surface area contributed by atoms with Crippen molar-refractivity contribution >= 4 is 23.2 Å². The number of carboxylic acid groups (broad SMARTS) is 1. The Balaban J connectivity index is 2.81. The number of carbonyl (C=O) groups excluding carboxylic acids is 1. The number of nitrogens with zero attached hydrogens (tertiary/aromatic N) is 1. The Morgan fingerprint density at radius 1 is 1.27 bits per heavy atom. The Morgan fingerprint density at radius 3 is 2.73 bits per heavy atom. The molecule has 1 heterocycles. The van der Waals surface area contributed by atoms with Crippen molar-refractivity contribution in [3.05, 3.63) is 41.6 Å². The second-order valence-corrected chi connectivity index (χ2v) is 3.04. The first-order valence-corrected chi connectivity index (χ1v) is 4.30. The number of aromatic carboxylic acids is 1. The number of pyridine rings is 1. The van der Waals surface area contributed by atoms with Gasteiger partial charge in [-0.25, -0.2) is 9.78 Å². The molecule has 0 unspecified atom stereocenters. The van der Waals surface area contributed by atoms with E-state index in [9.17, 15) is 9.59 Å². The smallest absolute Gasteiger partial charge is 0.337 e. The van der Waals surface area contributed by atoms with Gasteiger partial charge in [-0.3, -0.25) is 4.79 Å². The molecule has 0 spiro atoms. The van der Waals surface area contributed by atoms with Gasteiger partial charge in [-0.05, 0) is 12.1 Å². The van der Waals surface area contributed by atoms with Crippen molar-refractivity contribution in [3.63, 3.8) is 0 Å². The van der Waals surface area contributed by atoms with E-state index < -0.39 is 5.97 Å². The quantitative estimate of drug-likeness (QED) is 0.751. The molecule has 4 nitrogen and oxygen atoms in total. The summed E-state index contributed by atoms with van der Waals surface area (Å²) in [6.45, 7) is 0. The molecular weight excluding hydrogens is 194 g/mol. The van der Waals surface area contributed by atoms with E-state index >= 15 is 0 Å². The van der Waals surface area contributed by atoms with Crippen molar-refractivity contribution in [2.45, 2.75) is 0 Å². The van der Waals surface area contributed by atoms with Crippen molar-refractivity contribution < 1.29 is 14.7 Å². The van der Waals surface area contributed by atoms with E-state index in [1.165, 1.54) is 6.07 Å². The van der Waals surface area contributed by atoms with Crippen LogP contribution in [0.3, 0.4) is 0 Å². The van der Waals surface area contributed by atoms with Crippen molar-refractivity contribution in [3.8, 4) is 0 Å². The summed E-state index contributed by atoms with van der Waals surface area (Å²) in [7, 11) is 0. The second kappa shape index (κ2) is 3.49. The molecule has 1 aromatic carbocycles. The average molecular weight is 201 g/mol. The number of benzene rings is 1. The molecule has 2 aromatic rings. The van der Waals surface area contributed by atoms with Crippen LogP contribution in [-0.4, -0.2) is 22.3 Å². The predicted octanol–water partition coefficient (Wildman–Crippen LogP) is 1.75. The average Bonchev–Trinajstić information content (AvgIpc) is 2.27. The standard InChI is InChI=1S/C11H7NO3/c13-6-8-5-4-7-2-1-3-9(11(14)15)10(7)12-8/h1-6H,(H,14,15). The van der Waals surface area contributed by atoms with Crippen LogP contribution in [0, 0.1) is 0 Å². The zero-order valence-corrected chi connectivity index (χ0v) is 7.68. The lowest BCUT2D eigenvalue weighted by molar-refractivity contribution is 0.0698. The SMILES string of the molecule is O=Cc1ccc2cccc(C(=O)O)c2n1. The van der Waals surface area contributed by atoms with E-state index in [2.05, 4.69) is 4.98 Å². The molecule has 4 heteroatoms. The van der Waals surface area contributed by atoms with E-state index in [0.717, 1.165) is 0 Å². The highest BCUT2D eigenvalue weighted by Gasteiger charge is 2.09. The van der Waals surface area contributed by atoms with Crippen LogP contribution in [0.15, 0.2) is 30.3 Å². The molecule has 15 heavy (non-hydrogen) atoms. The van der Waals surface area contributed by atoms with Crippen molar-refractivity contribution in [1.82, 2.24) is 4.98 Å². The van der Waals surface area contributed by atoms with Gasteiger partial charge in [0.1, 0.15) is 5.69 Å². The van der Waals surface area contributed by atoms with E-state index in [4.69, 9.17) is 5.11 Å². The number of hydrogen-bond donors (Lipinski definition) is 1. The van der Waals surface area contributed by atoms with Gasteiger partial charge in [-0.1, -0.05) is 18.2 Å². The molecule has 0 bridgehead atoms. The maximum Gasteiger partial charge on any atom is 0.337 e. The Hall–Kier alpha value is -2.23. The third-order valence-electron chi connectivity index (χ3n) is 2.09. The van der Waals surface area contributed by atoms with Gasteiger partial charge in [0.15, 0.2) is 6.29 Å². The monoisotopic (exact) mass is 201 g/mol. The molecule has 0 fully saturated rings. The zero-order chi connectivity index (χ0) is 10.8. The van der Waals surface area contributed by atoms with Gasteiger partial charge in [0, 0.05) is 5.39 Å². The van der Waals surface area contributed by atoms with E-state index in [1.807, 2.05) is 0 Å². The van der Waals surface area contributed by atoms with Crippen LogP contribution in [0.2, 0.25) is 0 Å². The fourth-order valence-electron chi connectivity index (χ4n) is 1.40. The summed E-state index contributed by atoms with van der Waals surface area (Å²) in [6.07, 6.45) is 0.595. The number of para-hydroxylation sites is 1. The number of carboxylic acids is 1. The fourth-order valence-corrected chi connectivity index (χ4v) is 1.40. The van der Waals surface area contributed by atoms with Crippen LogP contribution in [0.5, 0.6) is 0 Å². The minimum absolute atomic E-state index is 0.108. The molecule has 1 N–H and O–H groups in total. The van der Waals surface area contributed by atoms with Gasteiger partial charge in [-0.2, -0.15) is 0 Å². The number of aldehydes is 1. The summed E-state index contributed by atoms with van der Waals surface area (Å²) in [4.78, 5) is 25.4. The summed E-state index contributed by atoms with van der Waals surface area (Å²) in [5, 5.41) is 9.63. The summed E-state index contributed by atoms with van der Waals surface area (Å²) in [5.74, 6) is -1.05. The molecule has 0 amide bonds. The van der Waals surface area contributed by atoms with Gasteiger partial charge in [0.05, 0.1) is 11.1 Å². The molecule has 0 aliphatic heterocycles. The highest BCUT2D eigenvalue weighted by molar-refractivity contribution is 6.02. The lowest BCUT2D eigenvalue weighted by atomic mass is 10.1. The minimum atomic E-state index is -1.05. The Labute approximate surface area is 85.2 Å². The number of fused-ring (bicyclic) bond motifs is 1. The summed E-state index contributed by atoms with van der Waals surface area (Å²) >= 11 is 0. The molecule has 0 radical (unpaired) electrons. The Morgan fingerprint density at radius 2 is 2.07 bits per heavy atom. The minimum Gasteiger partial charge on any atom is -0.478 e. The van der Waals surface area contributed by atoms with Gasteiger partial charge >= 0.3 is 5.97 Å². The molecule has 74 valence electrons. The summed E-state index contributed by atoms with van der Waals surface area (Å²) in [5.41, 5.74) is 0.682. The number of rotatable bonds is 2. The highest BCUT2D eigenvalue weighted by Crippen LogP contribution is 2.16. The summed E-state index contributed by atoms with van der Waals surface area (Å²) < 4.78 is 0. The maximum atomic E-state index is 10.9. The molecule has 0 saturated carbocycles. The van der Waals surface area contributed by atoms with E-state index in [1.54, 1.807) is 24.3 Å². The van der Waals surface area contributed by atoms with Gasteiger partial charge in [0.25, 0.3) is 0 Å². The lowest BCUT2D eigenvalue weighted by Crippen LogP contribution is -1.99. The van der Waals surface area contributed by atoms with Gasteiger partial charge in [0.2, 0.25) is 0 Å². The molecule has 1 aromatic heterocycles. The third-order valence-corrected chi connectivity index (χ3v) is 2.09.